The van der Waals surface area contributed by atoms with Crippen molar-refractivity contribution in [3.05, 3.63) is 36.0 Å². The van der Waals surface area contributed by atoms with Crippen molar-refractivity contribution in [2.45, 2.75) is 37.5 Å². The lowest BCUT2D eigenvalue weighted by Gasteiger charge is -2.38. The minimum atomic E-state index is -4.52. The second-order valence-electron chi connectivity index (χ2n) is 7.66. The number of nitrogens with one attached hydrogen (secondary N) is 2. The van der Waals surface area contributed by atoms with Gasteiger partial charge in [-0.05, 0) is 31.2 Å². The molecule has 162 valence electrons. The molecule has 1 aromatic heterocycles. The van der Waals surface area contributed by atoms with Crippen molar-refractivity contribution < 1.29 is 27.1 Å². The van der Waals surface area contributed by atoms with Crippen molar-refractivity contribution in [1.29, 1.82) is 0 Å². The summed E-state index contributed by atoms with van der Waals surface area (Å²) < 4.78 is 59.7. The Hall–Kier alpha value is -2.46. The number of amides is 1. The normalized spacial score (nSPS) is 27.4. The average molecular weight is 426 g/mol. The lowest BCUT2D eigenvalue weighted by molar-refractivity contribution is -0.138. The summed E-state index contributed by atoms with van der Waals surface area (Å²) in [5, 5.41) is 5.89. The van der Waals surface area contributed by atoms with E-state index in [1.165, 1.54) is 12.3 Å². The van der Waals surface area contributed by atoms with E-state index in [0.29, 0.717) is 24.2 Å². The number of aromatic nitrogens is 1. The predicted octanol–water partition coefficient (Wildman–Crippen LogP) is 2.27. The third kappa shape index (κ3) is 4.06. The zero-order chi connectivity index (χ0) is 21.5. The second kappa shape index (κ2) is 7.99. The summed E-state index contributed by atoms with van der Waals surface area (Å²) in [6.07, 6.45) is -5.58. The molecule has 0 radical (unpaired) electrons. The van der Waals surface area contributed by atoms with Crippen LogP contribution in [0.5, 0.6) is 0 Å². The average Bonchev–Trinajstić information content (AvgIpc) is 3.10. The van der Waals surface area contributed by atoms with Crippen molar-refractivity contribution in [3.8, 4) is 0 Å². The summed E-state index contributed by atoms with van der Waals surface area (Å²) in [6, 6.07) is 4.95. The summed E-state index contributed by atoms with van der Waals surface area (Å²) in [5.41, 5.74) is -0.398. The van der Waals surface area contributed by atoms with Gasteiger partial charge >= 0.3 is 6.18 Å². The Labute approximate surface area is 170 Å². The Balaban J connectivity index is 1.61. The Morgan fingerprint density at radius 3 is 2.77 bits per heavy atom. The molecule has 6 nitrogen and oxygen atoms in total. The fraction of sp³-hybridized carbons (Fsp3) is 0.500. The van der Waals surface area contributed by atoms with E-state index in [1.807, 2.05) is 4.90 Å². The molecule has 30 heavy (non-hydrogen) atoms. The van der Waals surface area contributed by atoms with Crippen molar-refractivity contribution in [2.24, 2.45) is 0 Å². The van der Waals surface area contributed by atoms with Gasteiger partial charge in [0.1, 0.15) is 6.17 Å². The van der Waals surface area contributed by atoms with Crippen LogP contribution in [0.25, 0.3) is 10.9 Å². The Kier molecular flexibility index (Phi) is 5.54. The number of hydrogen-bond acceptors (Lipinski definition) is 5. The standard InChI is InChI=1S/C20H22F4N4O2/c1-11-9-28(10-17(30-11)19(29)27-15-8-25-7-14(15)21)16-5-4-13(20(22,23)24)18-12(16)3-2-6-26-18/h2-6,11,14-15,17,25H,7-10H2,1H3,(H,27,29)/t11-,14-,15-,17-/m1/s1. The predicted molar refractivity (Wildman–Crippen MR) is 103 cm³/mol. The van der Waals surface area contributed by atoms with E-state index in [0.717, 1.165) is 6.07 Å². The summed E-state index contributed by atoms with van der Waals surface area (Å²) in [7, 11) is 0. The lowest BCUT2D eigenvalue weighted by Crippen LogP contribution is -2.55. The van der Waals surface area contributed by atoms with Gasteiger partial charge in [0.15, 0.2) is 6.10 Å². The third-order valence-electron chi connectivity index (χ3n) is 5.41. The van der Waals surface area contributed by atoms with Gasteiger partial charge in [0.2, 0.25) is 0 Å². The highest BCUT2D eigenvalue weighted by atomic mass is 19.4. The fourth-order valence-corrected chi connectivity index (χ4v) is 4.02. The maximum Gasteiger partial charge on any atom is 0.418 e. The molecule has 4 rings (SSSR count). The summed E-state index contributed by atoms with van der Waals surface area (Å²) >= 11 is 0. The van der Waals surface area contributed by atoms with Gasteiger partial charge in [0.25, 0.3) is 5.91 Å². The topological polar surface area (TPSA) is 66.5 Å². The number of alkyl halides is 4. The van der Waals surface area contributed by atoms with Gasteiger partial charge in [-0.15, -0.1) is 0 Å². The highest BCUT2D eigenvalue weighted by Crippen LogP contribution is 2.38. The highest BCUT2D eigenvalue weighted by Gasteiger charge is 2.37. The van der Waals surface area contributed by atoms with Gasteiger partial charge in [-0.2, -0.15) is 13.2 Å². The molecule has 0 bridgehead atoms. The lowest BCUT2D eigenvalue weighted by atomic mass is 10.0. The van der Waals surface area contributed by atoms with Crippen molar-refractivity contribution in [1.82, 2.24) is 15.6 Å². The van der Waals surface area contributed by atoms with Gasteiger partial charge < -0.3 is 20.3 Å². The number of morpholine rings is 1. The number of carbonyl (C=O) groups is 1. The maximum absolute atomic E-state index is 13.8. The van der Waals surface area contributed by atoms with Gasteiger partial charge in [-0.1, -0.05) is 0 Å². The first-order valence-corrected chi connectivity index (χ1v) is 9.74. The summed E-state index contributed by atoms with van der Waals surface area (Å²) in [6.45, 7) is 2.85. The SMILES string of the molecule is C[C@@H]1CN(c2ccc(C(F)(F)F)c3ncccc23)C[C@H](C(=O)N[C@@H]2CNC[C@H]2F)O1. The number of fused-ring (bicyclic) bond motifs is 1. The Morgan fingerprint density at radius 2 is 2.07 bits per heavy atom. The zero-order valence-electron chi connectivity index (χ0n) is 16.2. The van der Waals surface area contributed by atoms with E-state index in [-0.39, 0.29) is 24.7 Å². The Morgan fingerprint density at radius 1 is 1.27 bits per heavy atom. The van der Waals surface area contributed by atoms with Crippen LogP contribution < -0.4 is 15.5 Å². The van der Waals surface area contributed by atoms with Crippen LogP contribution in [0.3, 0.4) is 0 Å². The molecular formula is C20H22F4N4O2. The molecule has 10 heteroatoms. The zero-order valence-corrected chi connectivity index (χ0v) is 16.2. The molecule has 4 atom stereocenters. The first-order chi connectivity index (χ1) is 14.2. The number of halogens is 4. The molecule has 0 aliphatic carbocycles. The van der Waals surface area contributed by atoms with Crippen molar-refractivity contribution in [3.63, 3.8) is 0 Å². The highest BCUT2D eigenvalue weighted by molar-refractivity contribution is 5.94. The Bertz CT molecular complexity index is 939. The van der Waals surface area contributed by atoms with Crippen LogP contribution in [-0.4, -0.2) is 61.5 Å². The van der Waals surface area contributed by atoms with Crippen molar-refractivity contribution >= 4 is 22.5 Å². The number of carbonyl (C=O) groups excluding carboxylic acids is 1. The molecule has 1 amide bonds. The number of hydrogen-bond donors (Lipinski definition) is 2. The molecule has 2 aliphatic rings. The van der Waals surface area contributed by atoms with Crippen LogP contribution in [0.4, 0.5) is 23.2 Å². The van der Waals surface area contributed by atoms with Crippen LogP contribution in [0.2, 0.25) is 0 Å². The first-order valence-electron chi connectivity index (χ1n) is 9.74. The minimum Gasteiger partial charge on any atom is -0.365 e. The second-order valence-corrected chi connectivity index (χ2v) is 7.66. The van der Waals surface area contributed by atoms with Crippen LogP contribution in [-0.2, 0) is 15.7 Å². The molecule has 2 N–H and O–H groups in total. The first kappa shape index (κ1) is 20.8. The molecule has 0 saturated carbocycles. The van der Waals surface area contributed by atoms with E-state index in [4.69, 9.17) is 4.74 Å². The molecule has 2 aromatic rings. The molecule has 2 aliphatic heterocycles. The van der Waals surface area contributed by atoms with Crippen LogP contribution >= 0.6 is 0 Å². The molecule has 0 spiro atoms. The quantitative estimate of drug-likeness (QED) is 0.738. The van der Waals surface area contributed by atoms with E-state index < -0.39 is 36.0 Å². The number of benzene rings is 1. The van der Waals surface area contributed by atoms with Gasteiger partial charge in [-0.25, -0.2) is 4.39 Å². The number of ether oxygens (including phenoxy) is 1. The molecule has 3 heterocycles. The largest absolute Gasteiger partial charge is 0.418 e. The number of anilines is 1. The molecule has 2 fully saturated rings. The molecule has 1 aromatic carbocycles. The van der Waals surface area contributed by atoms with Crippen LogP contribution in [0, 0.1) is 0 Å². The van der Waals surface area contributed by atoms with Crippen LogP contribution in [0.1, 0.15) is 12.5 Å². The van der Waals surface area contributed by atoms with Crippen LogP contribution in [0.15, 0.2) is 30.5 Å². The van der Waals surface area contributed by atoms with E-state index in [1.54, 1.807) is 19.1 Å². The van der Waals surface area contributed by atoms with E-state index in [2.05, 4.69) is 15.6 Å². The molecular weight excluding hydrogens is 404 g/mol. The van der Waals surface area contributed by atoms with Gasteiger partial charge in [0.05, 0.1) is 29.8 Å². The van der Waals surface area contributed by atoms with Crippen molar-refractivity contribution in [2.75, 3.05) is 31.1 Å². The number of pyridine rings is 1. The van der Waals surface area contributed by atoms with E-state index in [9.17, 15) is 22.4 Å². The monoisotopic (exact) mass is 426 g/mol. The molecule has 2 saturated heterocycles. The minimum absolute atomic E-state index is 0.139. The van der Waals surface area contributed by atoms with Gasteiger partial charge in [-0.3, -0.25) is 9.78 Å². The number of rotatable bonds is 3. The summed E-state index contributed by atoms with van der Waals surface area (Å²) in [4.78, 5) is 18.4. The summed E-state index contributed by atoms with van der Waals surface area (Å²) in [5.74, 6) is -0.433. The third-order valence-corrected chi connectivity index (χ3v) is 5.41. The van der Waals surface area contributed by atoms with Gasteiger partial charge in [0, 0.05) is 36.9 Å². The smallest absolute Gasteiger partial charge is 0.365 e. The fourth-order valence-electron chi connectivity index (χ4n) is 4.02. The number of nitrogens with zero attached hydrogens (tertiary/aromatic N) is 2. The van der Waals surface area contributed by atoms with E-state index >= 15 is 0 Å². The molecule has 0 unspecified atom stereocenters. The maximum atomic E-state index is 13.8.